The van der Waals surface area contributed by atoms with E-state index in [2.05, 4.69) is 9.05 Å². The molecule has 5 rings (SSSR count). The number of hydrogen-bond acceptors (Lipinski definition) is 12. The normalized spacial score (nSPS) is 29.8. The van der Waals surface area contributed by atoms with Gasteiger partial charge >= 0.3 is 15.6 Å². The summed E-state index contributed by atoms with van der Waals surface area (Å²) in [6, 6.07) is 2.14. The van der Waals surface area contributed by atoms with Crippen LogP contribution in [0.15, 0.2) is 0 Å². The lowest BCUT2D eigenvalue weighted by Crippen LogP contribution is -2.59. The molecule has 0 aromatic heterocycles. The molecular formula is C30H66N4O12P2. The predicted molar refractivity (Wildman–Crippen MR) is 182 cm³/mol. The summed E-state index contributed by atoms with van der Waals surface area (Å²) >= 11 is 0. The van der Waals surface area contributed by atoms with E-state index in [4.69, 9.17) is 47.2 Å². The molecule has 4 saturated carbocycles. The molecule has 16 nitrogen and oxygen atoms in total. The summed E-state index contributed by atoms with van der Waals surface area (Å²) in [6.07, 6.45) is 17.3. The summed E-state index contributed by atoms with van der Waals surface area (Å²) in [5, 5.41) is 28.4. The van der Waals surface area contributed by atoms with Gasteiger partial charge in [0, 0.05) is 24.2 Å². The maximum atomic E-state index is 10.6. The lowest BCUT2D eigenvalue weighted by atomic mass is 9.97. The van der Waals surface area contributed by atoms with Crippen LogP contribution >= 0.6 is 15.6 Å². The van der Waals surface area contributed by atoms with Crippen molar-refractivity contribution in [3.8, 4) is 0 Å². The molecule has 1 aliphatic heterocycles. The summed E-state index contributed by atoms with van der Waals surface area (Å²) in [4.78, 5) is 34.1. The van der Waals surface area contributed by atoms with Crippen LogP contribution in [-0.4, -0.2) is 96.4 Å². The van der Waals surface area contributed by atoms with Gasteiger partial charge in [-0.2, -0.15) is 0 Å². The predicted octanol–water partition coefficient (Wildman–Crippen LogP) is 2.12. The first-order valence-electron chi connectivity index (χ1n) is 17.6. The molecule has 5 fully saturated rings. The van der Waals surface area contributed by atoms with Crippen molar-refractivity contribution >= 4 is 15.6 Å². The van der Waals surface area contributed by atoms with Crippen LogP contribution in [-0.2, 0) is 22.9 Å². The Morgan fingerprint density at radius 3 is 1.04 bits per heavy atom. The van der Waals surface area contributed by atoms with E-state index in [0.29, 0.717) is 24.2 Å². The van der Waals surface area contributed by atoms with Crippen LogP contribution in [0.5, 0.6) is 0 Å². The number of aliphatic hydroxyl groups excluding tert-OH is 3. The zero-order valence-electron chi connectivity index (χ0n) is 28.4. The van der Waals surface area contributed by atoms with E-state index < -0.39 is 53.0 Å². The third-order valence-corrected chi connectivity index (χ3v) is 9.88. The van der Waals surface area contributed by atoms with E-state index in [-0.39, 0.29) is 0 Å². The molecular weight excluding hydrogens is 670 g/mol. The SMILES string of the molecule is NC1CCCCC1.NC1CCCCC1.NC1CCCCC1.NC1CCCCC1.O=P(O)(O)OCC1OC(OP(=O)(O)O)C(O)C(O)C1O. The molecule has 0 aromatic rings. The second-order valence-corrected chi connectivity index (χ2v) is 15.9. The second-order valence-electron chi connectivity index (χ2n) is 13.5. The zero-order valence-corrected chi connectivity index (χ0v) is 30.2. The van der Waals surface area contributed by atoms with Gasteiger partial charge < -0.3 is 62.6 Å². The van der Waals surface area contributed by atoms with Gasteiger partial charge in [0.1, 0.15) is 24.4 Å². The molecule has 4 aliphatic carbocycles. The van der Waals surface area contributed by atoms with Gasteiger partial charge in [-0.05, 0) is 51.4 Å². The Labute approximate surface area is 286 Å². The summed E-state index contributed by atoms with van der Waals surface area (Å²) in [6.45, 7) is -0.907. The van der Waals surface area contributed by atoms with E-state index in [9.17, 15) is 24.4 Å². The largest absolute Gasteiger partial charge is 0.472 e. The Balaban J connectivity index is 0.000000335. The maximum Gasteiger partial charge on any atom is 0.472 e. The Morgan fingerprint density at radius 1 is 0.500 bits per heavy atom. The van der Waals surface area contributed by atoms with E-state index in [0.717, 1.165) is 0 Å². The quantitative estimate of drug-likeness (QED) is 0.180. The van der Waals surface area contributed by atoms with Gasteiger partial charge in [-0.3, -0.25) is 9.05 Å². The lowest BCUT2D eigenvalue weighted by molar-refractivity contribution is -0.279. The fourth-order valence-corrected chi connectivity index (χ4v) is 6.77. The molecule has 5 atom stereocenters. The topological polar surface area (TPSA) is 308 Å². The van der Waals surface area contributed by atoms with Crippen molar-refractivity contribution in [3.05, 3.63) is 0 Å². The molecule has 1 heterocycles. The standard InChI is InChI=1S/4C6H13N.C6H14O12P2/c4*7-6-4-2-1-3-5-6;7-3-2(1-16-19(10,11)12)17-6(5(9)4(3)8)18-20(13,14)15/h4*6H,1-5,7H2;2-9H,1H2,(H2,10,11,12)(H2,13,14,15). The van der Waals surface area contributed by atoms with Gasteiger partial charge in [-0.1, -0.05) is 77.0 Å². The van der Waals surface area contributed by atoms with E-state index in [1.54, 1.807) is 0 Å². The summed E-state index contributed by atoms with van der Waals surface area (Å²) in [7, 11) is -9.95. The van der Waals surface area contributed by atoms with Crippen LogP contribution in [0.3, 0.4) is 0 Å². The molecule has 0 bridgehead atoms. The van der Waals surface area contributed by atoms with Gasteiger partial charge in [0.05, 0.1) is 6.61 Å². The number of aliphatic hydroxyl groups is 3. The molecule has 0 amide bonds. The number of phosphoric acid groups is 2. The number of hydrogen-bond donors (Lipinski definition) is 11. The molecule has 288 valence electrons. The summed E-state index contributed by atoms with van der Waals surface area (Å²) in [5.74, 6) is 0. The van der Waals surface area contributed by atoms with Crippen molar-refractivity contribution in [1.29, 1.82) is 0 Å². The highest BCUT2D eigenvalue weighted by Gasteiger charge is 2.47. The zero-order chi connectivity index (χ0) is 36.2. The van der Waals surface area contributed by atoms with E-state index in [1.165, 1.54) is 128 Å². The first-order valence-corrected chi connectivity index (χ1v) is 20.7. The third-order valence-electron chi connectivity index (χ3n) is 8.92. The number of rotatable bonds is 5. The summed E-state index contributed by atoms with van der Waals surface area (Å²) in [5.41, 5.74) is 22.5. The molecule has 0 spiro atoms. The van der Waals surface area contributed by atoms with Crippen molar-refractivity contribution in [1.82, 2.24) is 0 Å². The highest BCUT2D eigenvalue weighted by Crippen LogP contribution is 2.41. The van der Waals surface area contributed by atoms with Crippen molar-refractivity contribution in [2.75, 3.05) is 6.61 Å². The Bertz CT molecular complexity index is 827. The van der Waals surface area contributed by atoms with E-state index >= 15 is 0 Å². The monoisotopic (exact) mass is 736 g/mol. The first-order chi connectivity index (χ1) is 22.5. The molecule has 48 heavy (non-hydrogen) atoms. The van der Waals surface area contributed by atoms with Crippen LogP contribution in [0.1, 0.15) is 128 Å². The fourth-order valence-electron chi connectivity index (χ4n) is 5.98. The molecule has 5 aliphatic rings. The third kappa shape index (κ3) is 23.4. The summed E-state index contributed by atoms with van der Waals surface area (Å²) < 4.78 is 33.9. The Morgan fingerprint density at radius 2 is 0.812 bits per heavy atom. The smallest absolute Gasteiger partial charge is 0.387 e. The highest BCUT2D eigenvalue weighted by molar-refractivity contribution is 7.46. The minimum absolute atomic E-state index is 0.536. The van der Waals surface area contributed by atoms with Crippen LogP contribution in [0, 0.1) is 0 Å². The Hall–Kier alpha value is -0.100. The molecule has 1 saturated heterocycles. The minimum atomic E-state index is -5.07. The lowest BCUT2D eigenvalue weighted by Gasteiger charge is -2.39. The molecule has 0 aromatic carbocycles. The van der Waals surface area contributed by atoms with Crippen LogP contribution < -0.4 is 22.9 Å². The first kappa shape index (κ1) is 45.9. The van der Waals surface area contributed by atoms with Crippen molar-refractivity contribution in [2.24, 2.45) is 22.9 Å². The molecule has 5 unspecified atom stereocenters. The van der Waals surface area contributed by atoms with Crippen LogP contribution in [0.2, 0.25) is 0 Å². The highest BCUT2D eigenvalue weighted by atomic mass is 31.2. The number of phosphoric ester groups is 2. The molecule has 15 N–H and O–H groups in total. The second kappa shape index (κ2) is 25.0. The number of ether oxygens (including phenoxy) is 1. The van der Waals surface area contributed by atoms with Crippen LogP contribution in [0.25, 0.3) is 0 Å². The van der Waals surface area contributed by atoms with Crippen molar-refractivity contribution in [3.63, 3.8) is 0 Å². The van der Waals surface area contributed by atoms with Crippen LogP contribution in [0.4, 0.5) is 0 Å². The van der Waals surface area contributed by atoms with E-state index in [1.807, 2.05) is 0 Å². The van der Waals surface area contributed by atoms with Gasteiger partial charge in [0.15, 0.2) is 6.29 Å². The fraction of sp³-hybridized carbons (Fsp3) is 1.00. The van der Waals surface area contributed by atoms with Crippen molar-refractivity contribution < 1.29 is 57.8 Å². The Kier molecular flexibility index (Phi) is 23.9. The average Bonchev–Trinajstić information content (AvgIpc) is 3.02. The minimum Gasteiger partial charge on any atom is -0.387 e. The van der Waals surface area contributed by atoms with Gasteiger partial charge in [0.2, 0.25) is 0 Å². The van der Waals surface area contributed by atoms with Gasteiger partial charge in [0.25, 0.3) is 0 Å². The van der Waals surface area contributed by atoms with Gasteiger partial charge in [-0.25, -0.2) is 9.13 Å². The maximum absolute atomic E-state index is 10.6. The molecule has 18 heteroatoms. The number of nitrogens with two attached hydrogens (primary N) is 4. The molecule has 0 radical (unpaired) electrons. The van der Waals surface area contributed by atoms with Gasteiger partial charge in [-0.15, -0.1) is 0 Å². The average molecular weight is 737 g/mol. The van der Waals surface area contributed by atoms with Crippen molar-refractivity contribution in [2.45, 2.75) is 183 Å².